The highest BCUT2D eigenvalue weighted by atomic mass is 16.5. The minimum atomic E-state index is -0.727. The van der Waals surface area contributed by atoms with Gasteiger partial charge >= 0.3 is 5.97 Å². The lowest BCUT2D eigenvalue weighted by Crippen LogP contribution is -2.24. The third kappa shape index (κ3) is 1.68. The molecule has 0 bridgehead atoms. The predicted octanol–water partition coefficient (Wildman–Crippen LogP) is 0.498. The molecule has 0 aromatic rings. The highest BCUT2D eigenvalue weighted by Gasteiger charge is 2.20. The SMILES string of the molecule is O=C(O)C1CCCOC1. The molecule has 1 N–H and O–H groups in total. The van der Waals surface area contributed by atoms with Crippen molar-refractivity contribution >= 4 is 5.97 Å². The second-order valence-electron chi connectivity index (χ2n) is 2.25. The van der Waals surface area contributed by atoms with Crippen molar-refractivity contribution in [3.05, 3.63) is 0 Å². The van der Waals surface area contributed by atoms with E-state index in [4.69, 9.17) is 9.84 Å². The molecule has 0 saturated carbocycles. The highest BCUT2D eigenvalue weighted by Crippen LogP contribution is 2.12. The first-order chi connectivity index (χ1) is 4.30. The van der Waals surface area contributed by atoms with Gasteiger partial charge in [0.2, 0.25) is 0 Å². The smallest absolute Gasteiger partial charge is 0.308 e. The molecule has 1 saturated heterocycles. The van der Waals surface area contributed by atoms with Crippen molar-refractivity contribution in [1.29, 1.82) is 0 Å². The molecule has 52 valence electrons. The molecule has 9 heavy (non-hydrogen) atoms. The molecule has 0 spiro atoms. The Morgan fingerprint density at radius 2 is 2.44 bits per heavy atom. The van der Waals surface area contributed by atoms with E-state index in [0.29, 0.717) is 6.61 Å². The maximum Gasteiger partial charge on any atom is 0.308 e. The van der Waals surface area contributed by atoms with Crippen molar-refractivity contribution in [3.63, 3.8) is 0 Å². The van der Waals surface area contributed by atoms with Gasteiger partial charge in [0, 0.05) is 6.61 Å². The van der Waals surface area contributed by atoms with E-state index in [0.717, 1.165) is 19.4 Å². The molecule has 0 amide bonds. The summed E-state index contributed by atoms with van der Waals surface area (Å²) >= 11 is 0. The van der Waals surface area contributed by atoms with Gasteiger partial charge < -0.3 is 9.84 Å². The van der Waals surface area contributed by atoms with E-state index in [1.165, 1.54) is 0 Å². The maximum atomic E-state index is 10.3. The molecule has 0 radical (unpaired) electrons. The first-order valence-electron chi connectivity index (χ1n) is 3.11. The van der Waals surface area contributed by atoms with Crippen LogP contribution >= 0.6 is 0 Å². The number of carboxylic acid groups (broad SMARTS) is 1. The van der Waals surface area contributed by atoms with Crippen LogP contribution in [0, 0.1) is 5.92 Å². The summed E-state index contributed by atoms with van der Waals surface area (Å²) < 4.78 is 4.96. The van der Waals surface area contributed by atoms with Crippen LogP contribution in [0.5, 0.6) is 0 Å². The second kappa shape index (κ2) is 2.82. The Morgan fingerprint density at radius 3 is 2.78 bits per heavy atom. The summed E-state index contributed by atoms with van der Waals surface area (Å²) in [5, 5.41) is 8.46. The van der Waals surface area contributed by atoms with E-state index < -0.39 is 5.97 Å². The zero-order chi connectivity index (χ0) is 6.69. The van der Waals surface area contributed by atoms with E-state index >= 15 is 0 Å². The van der Waals surface area contributed by atoms with Crippen LogP contribution in [0.4, 0.5) is 0 Å². The summed E-state index contributed by atoms with van der Waals surface area (Å²) in [6.45, 7) is 1.12. The molecule has 3 nitrogen and oxygen atoms in total. The van der Waals surface area contributed by atoms with Crippen LogP contribution in [0.2, 0.25) is 0 Å². The van der Waals surface area contributed by atoms with Gasteiger partial charge in [-0.05, 0) is 12.8 Å². The average Bonchev–Trinajstić information content (AvgIpc) is 1.90. The first kappa shape index (κ1) is 6.55. The molecule has 1 fully saturated rings. The summed E-state index contributed by atoms with van der Waals surface area (Å²) in [6.07, 6.45) is 1.66. The van der Waals surface area contributed by atoms with Crippen LogP contribution in [-0.2, 0) is 9.53 Å². The highest BCUT2D eigenvalue weighted by molar-refractivity contribution is 5.70. The molecule has 1 unspecified atom stereocenters. The van der Waals surface area contributed by atoms with Gasteiger partial charge in [-0.25, -0.2) is 0 Å². The first-order valence-corrected chi connectivity index (χ1v) is 3.11. The zero-order valence-corrected chi connectivity index (χ0v) is 5.17. The van der Waals surface area contributed by atoms with E-state index in [9.17, 15) is 4.79 Å². The third-order valence-electron chi connectivity index (χ3n) is 1.51. The van der Waals surface area contributed by atoms with Gasteiger partial charge in [-0.15, -0.1) is 0 Å². The predicted molar refractivity (Wildman–Crippen MR) is 31.2 cm³/mol. The van der Waals surface area contributed by atoms with Gasteiger partial charge in [0.05, 0.1) is 12.5 Å². The molecule has 0 aromatic carbocycles. The normalized spacial score (nSPS) is 27.8. The molecule has 1 aliphatic rings. The number of hydrogen-bond donors (Lipinski definition) is 1. The summed E-state index contributed by atoms with van der Waals surface area (Å²) in [6, 6.07) is 0. The van der Waals surface area contributed by atoms with E-state index in [-0.39, 0.29) is 5.92 Å². The van der Waals surface area contributed by atoms with Crippen LogP contribution in [0.3, 0.4) is 0 Å². The Hall–Kier alpha value is -0.570. The number of ether oxygens (including phenoxy) is 1. The molecule has 1 heterocycles. The quantitative estimate of drug-likeness (QED) is 0.562. The summed E-state index contributed by atoms with van der Waals surface area (Å²) in [5.74, 6) is -0.978. The van der Waals surface area contributed by atoms with Gasteiger partial charge in [-0.2, -0.15) is 0 Å². The van der Waals surface area contributed by atoms with Gasteiger partial charge in [0.15, 0.2) is 0 Å². The van der Waals surface area contributed by atoms with E-state index in [2.05, 4.69) is 0 Å². The topological polar surface area (TPSA) is 46.5 Å². The van der Waals surface area contributed by atoms with Crippen LogP contribution < -0.4 is 0 Å². The minimum Gasteiger partial charge on any atom is -0.481 e. The lowest BCUT2D eigenvalue weighted by molar-refractivity contribution is -0.145. The van der Waals surface area contributed by atoms with Gasteiger partial charge in [0.25, 0.3) is 0 Å². The zero-order valence-electron chi connectivity index (χ0n) is 5.17. The summed E-state index contributed by atoms with van der Waals surface area (Å²) in [4.78, 5) is 10.3. The van der Waals surface area contributed by atoms with Crippen LogP contribution in [0.1, 0.15) is 12.8 Å². The van der Waals surface area contributed by atoms with Crippen LogP contribution in [0.15, 0.2) is 0 Å². The molecular weight excluding hydrogens is 120 g/mol. The van der Waals surface area contributed by atoms with Crippen molar-refractivity contribution < 1.29 is 14.6 Å². The van der Waals surface area contributed by atoms with Crippen LogP contribution in [-0.4, -0.2) is 24.3 Å². The standard InChI is InChI=1S/C6H10O3/c7-6(8)5-2-1-3-9-4-5/h5H,1-4H2,(H,7,8). The number of carbonyl (C=O) groups is 1. The summed E-state index contributed by atoms with van der Waals surface area (Å²) in [7, 11) is 0. The summed E-state index contributed by atoms with van der Waals surface area (Å²) in [5.41, 5.74) is 0. The Balaban J connectivity index is 2.31. The number of rotatable bonds is 1. The van der Waals surface area contributed by atoms with Gasteiger partial charge in [0.1, 0.15) is 0 Å². The molecule has 3 heteroatoms. The van der Waals surface area contributed by atoms with Crippen LogP contribution in [0.25, 0.3) is 0 Å². The van der Waals surface area contributed by atoms with Crippen molar-refractivity contribution in [2.75, 3.05) is 13.2 Å². The molecular formula is C6H10O3. The number of carboxylic acids is 1. The van der Waals surface area contributed by atoms with Crippen molar-refractivity contribution in [2.45, 2.75) is 12.8 Å². The Morgan fingerprint density at radius 1 is 1.67 bits per heavy atom. The fourth-order valence-electron chi connectivity index (χ4n) is 0.935. The van der Waals surface area contributed by atoms with Gasteiger partial charge in [-0.1, -0.05) is 0 Å². The monoisotopic (exact) mass is 130 g/mol. The van der Waals surface area contributed by atoms with Crippen molar-refractivity contribution in [3.8, 4) is 0 Å². The lowest BCUT2D eigenvalue weighted by Gasteiger charge is -2.17. The third-order valence-corrected chi connectivity index (χ3v) is 1.51. The number of aliphatic carboxylic acids is 1. The van der Waals surface area contributed by atoms with Crippen molar-refractivity contribution in [1.82, 2.24) is 0 Å². The maximum absolute atomic E-state index is 10.3. The van der Waals surface area contributed by atoms with Crippen molar-refractivity contribution in [2.24, 2.45) is 5.92 Å². The fourth-order valence-corrected chi connectivity index (χ4v) is 0.935. The molecule has 0 aliphatic carbocycles. The fraction of sp³-hybridized carbons (Fsp3) is 0.833. The molecule has 1 atom stereocenters. The Kier molecular flexibility index (Phi) is 2.05. The lowest BCUT2D eigenvalue weighted by atomic mass is 10.0. The minimum absolute atomic E-state index is 0.251. The average molecular weight is 130 g/mol. The Bertz CT molecular complexity index is 105. The van der Waals surface area contributed by atoms with E-state index in [1.54, 1.807) is 0 Å². The van der Waals surface area contributed by atoms with Gasteiger partial charge in [-0.3, -0.25) is 4.79 Å². The second-order valence-corrected chi connectivity index (χ2v) is 2.25. The number of hydrogen-bond acceptors (Lipinski definition) is 2. The molecule has 1 aliphatic heterocycles. The largest absolute Gasteiger partial charge is 0.481 e. The molecule has 0 aromatic heterocycles. The molecule has 1 rings (SSSR count). The van der Waals surface area contributed by atoms with E-state index in [1.807, 2.05) is 0 Å². The Labute approximate surface area is 53.6 Å².